The summed E-state index contributed by atoms with van der Waals surface area (Å²) in [6, 6.07) is 12.0. The van der Waals surface area contributed by atoms with Crippen molar-refractivity contribution in [3.63, 3.8) is 0 Å². The minimum Gasteiger partial charge on any atom is -0.341 e. The first-order valence-electron chi connectivity index (χ1n) is 8.51. The number of hydrogen-bond donors (Lipinski definition) is 3. The summed E-state index contributed by atoms with van der Waals surface area (Å²) in [5.41, 5.74) is 2.43. The highest BCUT2D eigenvalue weighted by Gasteiger charge is 2.16. The van der Waals surface area contributed by atoms with E-state index in [1.165, 1.54) is 25.5 Å². The number of thiophene rings is 1. The van der Waals surface area contributed by atoms with Crippen molar-refractivity contribution in [2.45, 2.75) is 32.2 Å². The molecule has 0 aliphatic heterocycles. The maximum Gasteiger partial charge on any atom is 0.321 e. The van der Waals surface area contributed by atoms with E-state index in [1.807, 2.05) is 17.5 Å². The fourth-order valence-corrected chi connectivity index (χ4v) is 3.35. The lowest BCUT2D eigenvalue weighted by Gasteiger charge is -2.18. The minimum absolute atomic E-state index is 0.0631. The molecule has 5 nitrogen and oxygen atoms in total. The van der Waals surface area contributed by atoms with E-state index in [9.17, 15) is 9.59 Å². The molecule has 0 saturated heterocycles. The van der Waals surface area contributed by atoms with Crippen molar-refractivity contribution in [1.29, 1.82) is 0 Å². The van der Waals surface area contributed by atoms with Gasteiger partial charge < -0.3 is 5.32 Å². The Hall–Kier alpha value is -2.18. The average molecular weight is 359 g/mol. The largest absolute Gasteiger partial charge is 0.341 e. The van der Waals surface area contributed by atoms with Crippen molar-refractivity contribution < 1.29 is 9.59 Å². The van der Waals surface area contributed by atoms with Crippen molar-refractivity contribution in [1.82, 2.24) is 16.0 Å². The van der Waals surface area contributed by atoms with Crippen LogP contribution in [0.3, 0.4) is 0 Å². The standard InChI is InChI=1S/C19H25N3O2S/c1-3-4-6-14-8-10-15(11-9-14)18(16-7-5-12-25-16)21-13-17(23)22-19(24)20-2/h5,7-12,18,21H,3-4,6,13H2,1-2H3,(H2,20,22,23,24)/t18-/m1/s1. The third-order valence-corrected chi connectivity index (χ3v) is 4.84. The van der Waals surface area contributed by atoms with Crippen LogP contribution < -0.4 is 16.0 Å². The van der Waals surface area contributed by atoms with Gasteiger partial charge in [0, 0.05) is 11.9 Å². The minimum atomic E-state index is -0.500. The molecule has 1 aromatic heterocycles. The van der Waals surface area contributed by atoms with Crippen LogP contribution in [0.15, 0.2) is 41.8 Å². The van der Waals surface area contributed by atoms with Crippen molar-refractivity contribution in [2.75, 3.05) is 13.6 Å². The van der Waals surface area contributed by atoms with Crippen LogP contribution in [-0.4, -0.2) is 25.5 Å². The molecule has 0 radical (unpaired) electrons. The number of rotatable bonds is 8. The second-order valence-electron chi connectivity index (χ2n) is 5.80. The molecule has 0 aliphatic carbocycles. The van der Waals surface area contributed by atoms with Gasteiger partial charge in [-0.05, 0) is 35.4 Å². The van der Waals surface area contributed by atoms with Crippen molar-refractivity contribution in [2.24, 2.45) is 0 Å². The Kier molecular flexibility index (Phi) is 7.63. The Bertz CT molecular complexity index is 668. The van der Waals surface area contributed by atoms with Crippen LogP contribution in [0.25, 0.3) is 0 Å². The second-order valence-corrected chi connectivity index (χ2v) is 6.78. The van der Waals surface area contributed by atoms with Gasteiger partial charge in [-0.15, -0.1) is 11.3 Å². The molecule has 3 N–H and O–H groups in total. The maximum atomic E-state index is 11.9. The highest BCUT2D eigenvalue weighted by molar-refractivity contribution is 7.10. The number of benzene rings is 1. The molecule has 1 atom stereocenters. The molecule has 25 heavy (non-hydrogen) atoms. The monoisotopic (exact) mass is 359 g/mol. The van der Waals surface area contributed by atoms with Gasteiger partial charge in [0.2, 0.25) is 5.91 Å². The number of hydrogen-bond acceptors (Lipinski definition) is 4. The second kappa shape index (κ2) is 9.96. The van der Waals surface area contributed by atoms with E-state index in [1.54, 1.807) is 11.3 Å². The molecule has 3 amide bonds. The summed E-state index contributed by atoms with van der Waals surface area (Å²) in [7, 11) is 1.48. The molecule has 0 unspecified atom stereocenters. The zero-order chi connectivity index (χ0) is 18.1. The van der Waals surface area contributed by atoms with Crippen molar-refractivity contribution >= 4 is 23.3 Å². The fourth-order valence-electron chi connectivity index (χ4n) is 2.52. The molecule has 0 saturated carbocycles. The lowest BCUT2D eigenvalue weighted by atomic mass is 10.0. The predicted molar refractivity (Wildman–Crippen MR) is 102 cm³/mol. The van der Waals surface area contributed by atoms with Crippen LogP contribution in [0.5, 0.6) is 0 Å². The number of amides is 3. The molecule has 1 heterocycles. The highest BCUT2D eigenvalue weighted by Crippen LogP contribution is 2.26. The van der Waals surface area contributed by atoms with E-state index >= 15 is 0 Å². The van der Waals surface area contributed by atoms with E-state index in [2.05, 4.69) is 47.1 Å². The van der Waals surface area contributed by atoms with Gasteiger partial charge in [-0.2, -0.15) is 0 Å². The quantitative estimate of drug-likeness (QED) is 0.678. The zero-order valence-corrected chi connectivity index (χ0v) is 15.5. The summed E-state index contributed by atoms with van der Waals surface area (Å²) in [5.74, 6) is -0.361. The summed E-state index contributed by atoms with van der Waals surface area (Å²) in [4.78, 5) is 24.2. The lowest BCUT2D eigenvalue weighted by molar-refractivity contribution is -0.119. The smallest absolute Gasteiger partial charge is 0.321 e. The third kappa shape index (κ3) is 5.99. The van der Waals surface area contributed by atoms with Crippen molar-refractivity contribution in [3.05, 3.63) is 57.8 Å². The first kappa shape index (κ1) is 19.1. The molecule has 1 aromatic carbocycles. The summed E-state index contributed by atoms with van der Waals surface area (Å²) in [6.45, 7) is 2.25. The Balaban J connectivity index is 2.06. The van der Waals surface area contributed by atoms with E-state index in [0.29, 0.717) is 0 Å². The van der Waals surface area contributed by atoms with Crippen LogP contribution >= 0.6 is 11.3 Å². The molecular weight excluding hydrogens is 334 g/mol. The predicted octanol–water partition coefficient (Wildman–Crippen LogP) is 3.23. The van der Waals surface area contributed by atoms with Gasteiger partial charge in [-0.3, -0.25) is 15.4 Å². The molecular formula is C19H25N3O2S. The van der Waals surface area contributed by atoms with Crippen LogP contribution in [0, 0.1) is 0 Å². The van der Waals surface area contributed by atoms with Gasteiger partial charge in [0.25, 0.3) is 0 Å². The van der Waals surface area contributed by atoms with Crippen LogP contribution in [0.4, 0.5) is 4.79 Å². The number of unbranched alkanes of at least 4 members (excludes halogenated alkanes) is 1. The normalized spacial score (nSPS) is 11.8. The number of carbonyl (C=O) groups is 2. The molecule has 0 spiro atoms. The fraction of sp³-hybridized carbons (Fsp3) is 0.368. The molecule has 134 valence electrons. The summed E-state index contributed by atoms with van der Waals surface area (Å²) < 4.78 is 0. The Labute approximate surface area is 152 Å². The van der Waals surface area contributed by atoms with E-state index < -0.39 is 6.03 Å². The third-order valence-electron chi connectivity index (χ3n) is 3.91. The molecule has 0 fully saturated rings. The zero-order valence-electron chi connectivity index (χ0n) is 14.7. The number of nitrogens with one attached hydrogen (secondary N) is 3. The Morgan fingerprint density at radius 2 is 1.92 bits per heavy atom. The Morgan fingerprint density at radius 3 is 2.52 bits per heavy atom. The molecule has 6 heteroatoms. The highest BCUT2D eigenvalue weighted by atomic mass is 32.1. The maximum absolute atomic E-state index is 11.9. The molecule has 2 rings (SSSR count). The first-order chi connectivity index (χ1) is 12.1. The van der Waals surface area contributed by atoms with Crippen LogP contribution in [0.1, 0.15) is 41.8 Å². The van der Waals surface area contributed by atoms with Crippen LogP contribution in [0.2, 0.25) is 0 Å². The number of urea groups is 1. The SMILES string of the molecule is CCCCc1ccc([C@@H](NCC(=O)NC(=O)NC)c2cccs2)cc1. The topological polar surface area (TPSA) is 70.2 Å². The Morgan fingerprint density at radius 1 is 1.16 bits per heavy atom. The molecule has 0 aliphatic rings. The van der Waals surface area contributed by atoms with Crippen molar-refractivity contribution in [3.8, 4) is 0 Å². The number of imide groups is 1. The van der Waals surface area contributed by atoms with E-state index in [0.717, 1.165) is 16.9 Å². The van der Waals surface area contributed by atoms with Gasteiger partial charge in [0.15, 0.2) is 0 Å². The van der Waals surface area contributed by atoms with Gasteiger partial charge in [0.1, 0.15) is 0 Å². The average Bonchev–Trinajstić information content (AvgIpc) is 3.15. The number of carbonyl (C=O) groups excluding carboxylic acids is 2. The van der Waals surface area contributed by atoms with E-state index in [4.69, 9.17) is 0 Å². The van der Waals surface area contributed by atoms with Gasteiger partial charge in [-0.1, -0.05) is 43.7 Å². The first-order valence-corrected chi connectivity index (χ1v) is 9.39. The molecule has 2 aromatic rings. The van der Waals surface area contributed by atoms with Crippen LogP contribution in [-0.2, 0) is 11.2 Å². The summed E-state index contributed by atoms with van der Waals surface area (Å²) in [6.07, 6.45) is 3.45. The summed E-state index contributed by atoms with van der Waals surface area (Å²) in [5, 5.41) is 9.90. The van der Waals surface area contributed by atoms with Gasteiger partial charge in [0.05, 0.1) is 12.6 Å². The van der Waals surface area contributed by atoms with Gasteiger partial charge in [-0.25, -0.2) is 4.79 Å². The van der Waals surface area contributed by atoms with Gasteiger partial charge >= 0.3 is 6.03 Å². The summed E-state index contributed by atoms with van der Waals surface area (Å²) >= 11 is 1.64. The lowest BCUT2D eigenvalue weighted by Crippen LogP contribution is -2.42. The molecule has 0 bridgehead atoms. The van der Waals surface area contributed by atoms with E-state index in [-0.39, 0.29) is 18.5 Å². The number of aryl methyl sites for hydroxylation is 1.